The number of rotatable bonds is 7. The molecule has 0 saturated carbocycles. The van der Waals surface area contributed by atoms with Crippen molar-refractivity contribution in [1.29, 1.82) is 0 Å². The van der Waals surface area contributed by atoms with Gasteiger partial charge in [0.25, 0.3) is 0 Å². The highest BCUT2D eigenvalue weighted by Gasteiger charge is 2.29. The molecule has 1 rings (SSSR count). The van der Waals surface area contributed by atoms with E-state index in [0.29, 0.717) is 5.96 Å². The zero-order chi connectivity index (χ0) is 15.9. The van der Waals surface area contributed by atoms with E-state index < -0.39 is 14.6 Å². The predicted molar refractivity (Wildman–Crippen MR) is 87.3 cm³/mol. The van der Waals surface area contributed by atoms with Gasteiger partial charge in [0.1, 0.15) is 0 Å². The number of hydrogen-bond donors (Lipinski definition) is 2. The van der Waals surface area contributed by atoms with Crippen molar-refractivity contribution in [2.45, 2.75) is 32.1 Å². The first-order valence-electron chi connectivity index (χ1n) is 7.09. The third kappa shape index (κ3) is 5.79. The molecule has 21 heavy (non-hydrogen) atoms. The van der Waals surface area contributed by atoms with Crippen molar-refractivity contribution >= 4 is 15.8 Å². The minimum atomic E-state index is -3.14. The molecule has 6 nitrogen and oxygen atoms in total. The molecule has 0 bridgehead atoms. The average molecular weight is 314 g/mol. The molecular weight excluding hydrogens is 288 g/mol. The third-order valence-corrected chi connectivity index (χ3v) is 5.43. The Hall–Kier alpha value is -1.50. The Balaban J connectivity index is 2.57. The first kappa shape index (κ1) is 17.6. The van der Waals surface area contributed by atoms with Crippen LogP contribution in [0.1, 0.15) is 20.8 Å². The highest BCUT2D eigenvalue weighted by atomic mass is 32.2. The normalized spacial score (nSPS) is 13.2. The molecule has 1 heterocycles. The number of hydrogen-bond acceptors (Lipinski definition) is 3. The quantitative estimate of drug-likeness (QED) is 0.578. The largest absolute Gasteiger partial charge is 0.357 e. The number of aromatic nitrogens is 1. The number of aliphatic imine (C=N–C) groups is 1. The molecule has 0 amide bonds. The maximum absolute atomic E-state index is 11.7. The molecule has 120 valence electrons. The molecule has 0 spiro atoms. The van der Waals surface area contributed by atoms with Crippen LogP contribution in [-0.2, 0) is 16.4 Å². The van der Waals surface area contributed by atoms with Gasteiger partial charge in [0.05, 0.1) is 11.3 Å². The lowest BCUT2D eigenvalue weighted by molar-refractivity contribution is 0.554. The summed E-state index contributed by atoms with van der Waals surface area (Å²) in [5, 5.41) is 6.33. The second kappa shape index (κ2) is 7.49. The van der Waals surface area contributed by atoms with Crippen LogP contribution in [0.5, 0.6) is 0 Å². The topological polar surface area (TPSA) is 75.5 Å². The van der Waals surface area contributed by atoms with Crippen LogP contribution in [0.25, 0.3) is 0 Å². The molecule has 1 aromatic rings. The summed E-state index contributed by atoms with van der Waals surface area (Å²) in [6.07, 6.45) is 5.24. The summed E-state index contributed by atoms with van der Waals surface area (Å²) in [5.41, 5.74) is 0. The Morgan fingerprint density at radius 2 is 1.86 bits per heavy atom. The first-order chi connectivity index (χ1) is 9.76. The van der Waals surface area contributed by atoms with E-state index in [9.17, 15) is 8.42 Å². The zero-order valence-electron chi connectivity index (χ0n) is 13.3. The van der Waals surface area contributed by atoms with Gasteiger partial charge in [0.15, 0.2) is 15.8 Å². The Morgan fingerprint density at radius 1 is 1.24 bits per heavy atom. The van der Waals surface area contributed by atoms with E-state index in [2.05, 4.69) is 20.2 Å². The predicted octanol–water partition coefficient (Wildman–Crippen LogP) is 0.866. The summed E-state index contributed by atoms with van der Waals surface area (Å²) in [6.45, 7) is 7.86. The smallest absolute Gasteiger partial charge is 0.191 e. The van der Waals surface area contributed by atoms with Crippen molar-refractivity contribution in [3.05, 3.63) is 24.5 Å². The maximum Gasteiger partial charge on any atom is 0.191 e. The van der Waals surface area contributed by atoms with Crippen LogP contribution in [-0.4, -0.2) is 49.6 Å². The van der Waals surface area contributed by atoms with Crippen LogP contribution in [0.2, 0.25) is 0 Å². The fraction of sp³-hybridized carbons (Fsp3) is 0.643. The van der Waals surface area contributed by atoms with Crippen LogP contribution in [0.3, 0.4) is 0 Å². The Bertz CT molecular complexity index is 548. The molecular formula is C14H26N4O2S. The lowest BCUT2D eigenvalue weighted by Gasteiger charge is -2.21. The van der Waals surface area contributed by atoms with Gasteiger partial charge in [-0.3, -0.25) is 4.99 Å². The molecule has 7 heteroatoms. The molecule has 1 aromatic heterocycles. The van der Waals surface area contributed by atoms with E-state index >= 15 is 0 Å². The zero-order valence-corrected chi connectivity index (χ0v) is 14.1. The average Bonchev–Trinajstić information content (AvgIpc) is 2.87. The number of guanidine groups is 1. The molecule has 0 aromatic carbocycles. The lowest BCUT2D eigenvalue weighted by atomic mass is 10.2. The maximum atomic E-state index is 11.7. The van der Waals surface area contributed by atoms with Gasteiger partial charge in [-0.25, -0.2) is 8.42 Å². The molecule has 0 unspecified atom stereocenters. The fourth-order valence-electron chi connectivity index (χ4n) is 1.55. The van der Waals surface area contributed by atoms with E-state index in [4.69, 9.17) is 0 Å². The molecule has 2 N–H and O–H groups in total. The van der Waals surface area contributed by atoms with E-state index in [1.165, 1.54) is 6.26 Å². The van der Waals surface area contributed by atoms with Crippen LogP contribution in [0.15, 0.2) is 29.5 Å². The van der Waals surface area contributed by atoms with Gasteiger partial charge in [-0.05, 0) is 32.9 Å². The summed E-state index contributed by atoms with van der Waals surface area (Å²) in [5.74, 6) is 0.640. The monoisotopic (exact) mass is 314 g/mol. The highest BCUT2D eigenvalue weighted by Crippen LogP contribution is 2.14. The number of nitrogens with zero attached hydrogens (tertiary/aromatic N) is 2. The van der Waals surface area contributed by atoms with E-state index in [0.717, 1.165) is 19.6 Å². The molecule has 0 atom stereocenters. The second-order valence-corrected chi connectivity index (χ2v) is 8.22. The number of sulfone groups is 1. The molecule has 0 aliphatic carbocycles. The summed E-state index contributed by atoms with van der Waals surface area (Å²) >= 11 is 0. The molecule has 0 aliphatic heterocycles. The van der Waals surface area contributed by atoms with Gasteiger partial charge in [0, 0.05) is 38.3 Å². The van der Waals surface area contributed by atoms with Gasteiger partial charge in [-0.15, -0.1) is 0 Å². The van der Waals surface area contributed by atoms with Crippen LogP contribution in [0.4, 0.5) is 0 Å². The van der Waals surface area contributed by atoms with E-state index in [1.54, 1.807) is 13.8 Å². The first-order valence-corrected chi connectivity index (χ1v) is 8.98. The van der Waals surface area contributed by atoms with Gasteiger partial charge >= 0.3 is 0 Å². The third-order valence-electron chi connectivity index (χ3n) is 3.29. The van der Waals surface area contributed by atoms with Crippen molar-refractivity contribution in [2.75, 3.05) is 25.9 Å². The van der Waals surface area contributed by atoms with E-state index in [1.807, 2.05) is 31.5 Å². The SMILES string of the molecule is CCNC(=NCC(C)(C)S(C)(=O)=O)NCCn1cccc1. The van der Waals surface area contributed by atoms with E-state index in [-0.39, 0.29) is 6.54 Å². The Kier molecular flexibility index (Phi) is 6.26. The minimum absolute atomic E-state index is 0.227. The summed E-state index contributed by atoms with van der Waals surface area (Å²) in [4.78, 5) is 4.38. The van der Waals surface area contributed by atoms with Crippen molar-refractivity contribution < 1.29 is 8.42 Å². The van der Waals surface area contributed by atoms with Gasteiger partial charge in [-0.2, -0.15) is 0 Å². The van der Waals surface area contributed by atoms with Gasteiger partial charge in [-0.1, -0.05) is 0 Å². The summed E-state index contributed by atoms with van der Waals surface area (Å²) in [7, 11) is -3.14. The van der Waals surface area contributed by atoms with Gasteiger partial charge < -0.3 is 15.2 Å². The summed E-state index contributed by atoms with van der Waals surface area (Å²) in [6, 6.07) is 3.96. The lowest BCUT2D eigenvalue weighted by Crippen LogP contribution is -2.41. The van der Waals surface area contributed by atoms with Gasteiger partial charge in [0.2, 0.25) is 0 Å². The van der Waals surface area contributed by atoms with Crippen molar-refractivity contribution in [1.82, 2.24) is 15.2 Å². The van der Waals surface area contributed by atoms with Crippen LogP contribution in [0, 0.1) is 0 Å². The van der Waals surface area contributed by atoms with Crippen molar-refractivity contribution in [2.24, 2.45) is 4.99 Å². The fourth-order valence-corrected chi connectivity index (χ4v) is 1.85. The minimum Gasteiger partial charge on any atom is -0.357 e. The molecule has 0 fully saturated rings. The van der Waals surface area contributed by atoms with Crippen LogP contribution >= 0.6 is 0 Å². The number of nitrogens with one attached hydrogen (secondary N) is 2. The van der Waals surface area contributed by atoms with Crippen LogP contribution < -0.4 is 10.6 Å². The standard InChI is InChI=1S/C14H26N4O2S/c1-5-15-13(16-8-11-18-9-6-7-10-18)17-12-14(2,3)21(4,19)20/h6-7,9-10H,5,8,11-12H2,1-4H3,(H2,15,16,17). The molecule has 0 aliphatic rings. The second-order valence-electron chi connectivity index (χ2n) is 5.57. The Morgan fingerprint density at radius 3 is 2.38 bits per heavy atom. The Labute approximate surface area is 127 Å². The molecule has 0 saturated heterocycles. The molecule has 0 radical (unpaired) electrons. The highest BCUT2D eigenvalue weighted by molar-refractivity contribution is 7.92. The summed E-state index contributed by atoms with van der Waals surface area (Å²) < 4.78 is 24.6. The van der Waals surface area contributed by atoms with Crippen molar-refractivity contribution in [3.8, 4) is 0 Å². The van der Waals surface area contributed by atoms with Crippen molar-refractivity contribution in [3.63, 3.8) is 0 Å².